The normalized spacial score (nSPS) is 11.0. The standard InChI is InChI=1S/C15H15BrN4OS/c1-2-3-4-13-19-20-15(22-13)18-14(21)12-8-9-7-10(16)5-6-11(9)17-12/h5-8,17H,2-4H2,1H3,(H,18,20,21). The second-order valence-electron chi connectivity index (χ2n) is 4.97. The third-order valence-corrected chi connectivity index (χ3v) is 4.65. The minimum Gasteiger partial charge on any atom is -0.351 e. The number of carbonyl (C=O) groups excluding carboxylic acids is 1. The van der Waals surface area contributed by atoms with Crippen molar-refractivity contribution in [2.24, 2.45) is 0 Å². The number of aromatic amines is 1. The lowest BCUT2D eigenvalue weighted by molar-refractivity contribution is 0.102. The zero-order valence-electron chi connectivity index (χ0n) is 12.0. The Bertz CT molecular complexity index is 811. The highest BCUT2D eigenvalue weighted by Gasteiger charge is 2.12. The SMILES string of the molecule is CCCCc1nnc(NC(=O)c2cc3cc(Br)ccc3[nH]2)s1. The molecule has 0 atom stereocenters. The number of nitrogens with zero attached hydrogens (tertiary/aromatic N) is 2. The highest BCUT2D eigenvalue weighted by Crippen LogP contribution is 2.22. The van der Waals surface area contributed by atoms with Crippen molar-refractivity contribution in [1.82, 2.24) is 15.2 Å². The van der Waals surface area contributed by atoms with Crippen LogP contribution in [0.5, 0.6) is 0 Å². The predicted octanol–water partition coefficient (Wildman–Crippen LogP) is 4.38. The molecule has 2 heterocycles. The smallest absolute Gasteiger partial charge is 0.273 e. The van der Waals surface area contributed by atoms with Crippen molar-refractivity contribution in [3.05, 3.63) is 39.4 Å². The predicted molar refractivity (Wildman–Crippen MR) is 92.5 cm³/mol. The van der Waals surface area contributed by atoms with Gasteiger partial charge in [0.1, 0.15) is 10.7 Å². The molecule has 1 aromatic carbocycles. The van der Waals surface area contributed by atoms with Crippen molar-refractivity contribution in [3.63, 3.8) is 0 Å². The van der Waals surface area contributed by atoms with Crippen LogP contribution in [0.1, 0.15) is 35.3 Å². The fraction of sp³-hybridized carbons (Fsp3) is 0.267. The van der Waals surface area contributed by atoms with Crippen LogP contribution in [0.3, 0.4) is 0 Å². The first-order valence-electron chi connectivity index (χ1n) is 7.07. The van der Waals surface area contributed by atoms with Gasteiger partial charge in [-0.15, -0.1) is 10.2 Å². The number of carbonyl (C=O) groups is 1. The van der Waals surface area contributed by atoms with E-state index in [2.05, 4.69) is 43.4 Å². The first-order valence-corrected chi connectivity index (χ1v) is 8.68. The van der Waals surface area contributed by atoms with E-state index in [1.54, 1.807) is 0 Å². The average molecular weight is 379 g/mol. The molecule has 0 bridgehead atoms. The minimum atomic E-state index is -0.203. The first-order chi connectivity index (χ1) is 10.7. The van der Waals surface area contributed by atoms with Crippen LogP contribution >= 0.6 is 27.3 Å². The van der Waals surface area contributed by atoms with Crippen molar-refractivity contribution in [3.8, 4) is 0 Å². The molecule has 0 radical (unpaired) electrons. The van der Waals surface area contributed by atoms with E-state index in [9.17, 15) is 4.79 Å². The van der Waals surface area contributed by atoms with Gasteiger partial charge in [-0.05, 0) is 30.7 Å². The first kappa shape index (κ1) is 15.2. The summed E-state index contributed by atoms with van der Waals surface area (Å²) in [6.45, 7) is 2.14. The van der Waals surface area contributed by atoms with Crippen LogP contribution in [0.4, 0.5) is 5.13 Å². The van der Waals surface area contributed by atoms with E-state index in [-0.39, 0.29) is 5.91 Å². The van der Waals surface area contributed by atoms with E-state index in [1.165, 1.54) is 11.3 Å². The fourth-order valence-electron chi connectivity index (χ4n) is 2.12. The van der Waals surface area contributed by atoms with Gasteiger partial charge >= 0.3 is 0 Å². The number of benzene rings is 1. The van der Waals surface area contributed by atoms with Crippen LogP contribution in [0.2, 0.25) is 0 Å². The number of aromatic nitrogens is 3. The summed E-state index contributed by atoms with van der Waals surface area (Å²) in [6.07, 6.45) is 3.11. The second-order valence-corrected chi connectivity index (χ2v) is 6.95. The topological polar surface area (TPSA) is 70.7 Å². The van der Waals surface area contributed by atoms with E-state index in [0.717, 1.165) is 39.6 Å². The maximum Gasteiger partial charge on any atom is 0.273 e. The molecule has 0 fully saturated rings. The Morgan fingerprint density at radius 3 is 3.05 bits per heavy atom. The number of hydrogen-bond acceptors (Lipinski definition) is 4. The number of nitrogens with one attached hydrogen (secondary N) is 2. The van der Waals surface area contributed by atoms with Crippen LogP contribution in [-0.4, -0.2) is 21.1 Å². The van der Waals surface area contributed by atoms with Gasteiger partial charge in [-0.2, -0.15) is 0 Å². The number of halogens is 1. The molecule has 2 N–H and O–H groups in total. The molecule has 3 rings (SSSR count). The number of anilines is 1. The van der Waals surface area contributed by atoms with E-state index in [0.29, 0.717) is 10.8 Å². The molecule has 5 nitrogen and oxygen atoms in total. The van der Waals surface area contributed by atoms with Gasteiger partial charge in [-0.1, -0.05) is 40.6 Å². The van der Waals surface area contributed by atoms with Crippen LogP contribution < -0.4 is 5.32 Å². The van der Waals surface area contributed by atoms with E-state index in [1.807, 2.05) is 24.3 Å². The largest absolute Gasteiger partial charge is 0.351 e. The van der Waals surface area contributed by atoms with Crippen molar-refractivity contribution >= 4 is 49.2 Å². The molecule has 0 saturated heterocycles. The lowest BCUT2D eigenvalue weighted by atomic mass is 10.2. The summed E-state index contributed by atoms with van der Waals surface area (Å²) in [6, 6.07) is 7.67. The Kier molecular flexibility index (Phi) is 4.54. The molecular formula is C15H15BrN4OS. The van der Waals surface area contributed by atoms with Gasteiger partial charge in [-0.3, -0.25) is 10.1 Å². The summed E-state index contributed by atoms with van der Waals surface area (Å²) in [5, 5.41) is 13.4. The van der Waals surface area contributed by atoms with Crippen LogP contribution in [-0.2, 0) is 6.42 Å². The summed E-state index contributed by atoms with van der Waals surface area (Å²) >= 11 is 4.85. The quantitative estimate of drug-likeness (QED) is 0.691. The van der Waals surface area contributed by atoms with Gasteiger partial charge in [0.25, 0.3) is 5.91 Å². The highest BCUT2D eigenvalue weighted by atomic mass is 79.9. The summed E-state index contributed by atoms with van der Waals surface area (Å²) in [7, 11) is 0. The molecule has 7 heteroatoms. The third-order valence-electron chi connectivity index (χ3n) is 3.26. The zero-order valence-corrected chi connectivity index (χ0v) is 14.4. The Morgan fingerprint density at radius 1 is 1.36 bits per heavy atom. The Hall–Kier alpha value is -1.73. The number of unbranched alkanes of at least 4 members (excludes halogenated alkanes) is 1. The molecule has 0 aliphatic carbocycles. The van der Waals surface area contributed by atoms with Gasteiger partial charge < -0.3 is 4.98 Å². The van der Waals surface area contributed by atoms with Crippen LogP contribution in [0.25, 0.3) is 10.9 Å². The summed E-state index contributed by atoms with van der Waals surface area (Å²) in [4.78, 5) is 15.4. The third kappa shape index (κ3) is 3.36. The maximum absolute atomic E-state index is 12.3. The lowest BCUT2D eigenvalue weighted by Crippen LogP contribution is -2.11. The van der Waals surface area contributed by atoms with Gasteiger partial charge in [-0.25, -0.2) is 0 Å². The zero-order chi connectivity index (χ0) is 15.5. The molecule has 0 aliphatic rings. The molecule has 22 heavy (non-hydrogen) atoms. The lowest BCUT2D eigenvalue weighted by Gasteiger charge is -1.97. The molecule has 1 amide bonds. The van der Waals surface area contributed by atoms with Gasteiger partial charge in [0.2, 0.25) is 5.13 Å². The second kappa shape index (κ2) is 6.58. The van der Waals surface area contributed by atoms with Crippen molar-refractivity contribution in [1.29, 1.82) is 0 Å². The molecule has 114 valence electrons. The Morgan fingerprint density at radius 2 is 2.23 bits per heavy atom. The van der Waals surface area contributed by atoms with Crippen molar-refractivity contribution < 1.29 is 4.79 Å². The number of H-pyrrole nitrogens is 1. The van der Waals surface area contributed by atoms with Gasteiger partial charge in [0.15, 0.2) is 0 Å². The monoisotopic (exact) mass is 378 g/mol. The minimum absolute atomic E-state index is 0.203. The number of hydrogen-bond donors (Lipinski definition) is 2. The number of fused-ring (bicyclic) bond motifs is 1. The summed E-state index contributed by atoms with van der Waals surface area (Å²) in [5.41, 5.74) is 1.44. The molecule has 0 saturated carbocycles. The fourth-order valence-corrected chi connectivity index (χ4v) is 3.28. The van der Waals surface area contributed by atoms with E-state index in [4.69, 9.17) is 0 Å². The maximum atomic E-state index is 12.3. The Labute approximate surface area is 140 Å². The number of aryl methyl sites for hydroxylation is 1. The molecule has 0 spiro atoms. The molecule has 3 aromatic rings. The van der Waals surface area contributed by atoms with E-state index >= 15 is 0 Å². The van der Waals surface area contributed by atoms with Gasteiger partial charge in [0.05, 0.1) is 0 Å². The number of rotatable bonds is 5. The Balaban J connectivity index is 1.73. The molecule has 0 unspecified atom stereocenters. The molecule has 0 aliphatic heterocycles. The number of amides is 1. The van der Waals surface area contributed by atoms with Crippen LogP contribution in [0, 0.1) is 0 Å². The summed E-state index contributed by atoms with van der Waals surface area (Å²) in [5.74, 6) is -0.203. The van der Waals surface area contributed by atoms with Crippen molar-refractivity contribution in [2.45, 2.75) is 26.2 Å². The van der Waals surface area contributed by atoms with Crippen LogP contribution in [0.15, 0.2) is 28.7 Å². The van der Waals surface area contributed by atoms with Gasteiger partial charge in [0, 0.05) is 21.8 Å². The highest BCUT2D eigenvalue weighted by molar-refractivity contribution is 9.10. The average Bonchev–Trinajstić information content (AvgIpc) is 3.11. The molecular weight excluding hydrogens is 364 g/mol. The van der Waals surface area contributed by atoms with E-state index < -0.39 is 0 Å². The van der Waals surface area contributed by atoms with Crippen molar-refractivity contribution in [2.75, 3.05) is 5.32 Å². The molecule has 2 aromatic heterocycles. The summed E-state index contributed by atoms with van der Waals surface area (Å²) < 4.78 is 0.982.